The Morgan fingerprint density at radius 2 is 1.81 bits per heavy atom. The van der Waals surface area contributed by atoms with E-state index < -0.39 is 0 Å². The van der Waals surface area contributed by atoms with Crippen molar-refractivity contribution in [2.24, 2.45) is 0 Å². The third-order valence-electron chi connectivity index (χ3n) is 3.62. The molecule has 3 aromatic rings. The number of aliphatic hydroxyl groups excluding tert-OH is 1. The highest BCUT2D eigenvalue weighted by Crippen LogP contribution is 2.50. The van der Waals surface area contributed by atoms with Gasteiger partial charge >= 0.3 is 0 Å². The molecule has 0 radical (unpaired) electrons. The lowest BCUT2D eigenvalue weighted by Gasteiger charge is -2.09. The number of hydrogen-bond donors (Lipinski definition) is 1. The molecular weight excluding hydrogens is 304 g/mol. The van der Waals surface area contributed by atoms with Crippen LogP contribution in [-0.2, 0) is 6.61 Å². The highest BCUT2D eigenvalue weighted by molar-refractivity contribution is 7.11. The first-order valence-corrected chi connectivity index (χ1v) is 7.82. The minimum atomic E-state index is 0.0181. The number of para-hydroxylation sites is 1. The molecule has 0 amide bonds. The van der Waals surface area contributed by atoms with Crippen LogP contribution in [-0.4, -0.2) is 5.11 Å². The van der Waals surface area contributed by atoms with Crippen LogP contribution in [0.2, 0.25) is 5.02 Å². The van der Waals surface area contributed by atoms with Gasteiger partial charge in [0.2, 0.25) is 0 Å². The number of halogens is 1. The predicted molar refractivity (Wildman–Crippen MR) is 86.2 cm³/mol. The van der Waals surface area contributed by atoms with Gasteiger partial charge in [-0.2, -0.15) is 0 Å². The van der Waals surface area contributed by atoms with Crippen molar-refractivity contribution < 1.29 is 9.84 Å². The molecule has 2 heterocycles. The average molecular weight is 315 g/mol. The number of rotatable bonds is 1. The Morgan fingerprint density at radius 1 is 1.00 bits per heavy atom. The van der Waals surface area contributed by atoms with E-state index in [-0.39, 0.29) is 6.61 Å². The van der Waals surface area contributed by atoms with Crippen LogP contribution in [0.3, 0.4) is 0 Å². The summed E-state index contributed by atoms with van der Waals surface area (Å²) in [6.07, 6.45) is 0. The topological polar surface area (TPSA) is 29.5 Å². The van der Waals surface area contributed by atoms with Gasteiger partial charge in [-0.25, -0.2) is 0 Å². The van der Waals surface area contributed by atoms with Crippen LogP contribution in [0, 0.1) is 0 Å². The van der Waals surface area contributed by atoms with Crippen molar-refractivity contribution in [3.63, 3.8) is 0 Å². The maximum atomic E-state index is 9.65. The van der Waals surface area contributed by atoms with Crippen molar-refractivity contribution in [1.29, 1.82) is 0 Å². The Balaban J connectivity index is 2.11. The smallest absolute Gasteiger partial charge is 0.135 e. The maximum Gasteiger partial charge on any atom is 0.135 e. The summed E-state index contributed by atoms with van der Waals surface area (Å²) >= 11 is 7.71. The first-order valence-electron chi connectivity index (χ1n) is 6.56. The largest absolute Gasteiger partial charge is 0.456 e. The van der Waals surface area contributed by atoms with Crippen molar-refractivity contribution in [3.05, 3.63) is 57.7 Å². The van der Waals surface area contributed by atoms with E-state index in [2.05, 4.69) is 5.38 Å². The van der Waals surface area contributed by atoms with Gasteiger partial charge in [-0.05, 0) is 29.6 Å². The zero-order valence-corrected chi connectivity index (χ0v) is 12.5. The van der Waals surface area contributed by atoms with Crippen molar-refractivity contribution in [1.82, 2.24) is 0 Å². The minimum absolute atomic E-state index is 0.0181. The second-order valence-corrected chi connectivity index (χ2v) is 6.25. The molecule has 0 fully saturated rings. The normalized spacial score (nSPS) is 11.9. The molecule has 21 heavy (non-hydrogen) atoms. The molecule has 2 aromatic carbocycles. The third-order valence-corrected chi connectivity index (χ3v) is 4.83. The lowest BCUT2D eigenvalue weighted by atomic mass is 9.97. The average Bonchev–Trinajstić information content (AvgIpc) is 2.87. The van der Waals surface area contributed by atoms with E-state index in [1.54, 1.807) is 11.3 Å². The predicted octanol–water partition coefficient (Wildman–Crippen LogP) is 5.33. The quantitative estimate of drug-likeness (QED) is 0.514. The highest BCUT2D eigenvalue weighted by Gasteiger charge is 2.24. The second-order valence-electron chi connectivity index (χ2n) is 4.84. The Morgan fingerprint density at radius 3 is 2.67 bits per heavy atom. The van der Waals surface area contributed by atoms with E-state index in [0.717, 1.165) is 38.6 Å². The van der Waals surface area contributed by atoms with Crippen LogP contribution in [0.15, 0.2) is 47.8 Å². The molecule has 104 valence electrons. The van der Waals surface area contributed by atoms with E-state index in [1.807, 2.05) is 42.5 Å². The molecule has 0 atom stereocenters. The van der Waals surface area contributed by atoms with Gasteiger partial charge < -0.3 is 9.84 Å². The summed E-state index contributed by atoms with van der Waals surface area (Å²) in [4.78, 5) is 0.939. The summed E-state index contributed by atoms with van der Waals surface area (Å²) in [6.45, 7) is 0.0181. The molecular formula is C17H11ClO2S. The van der Waals surface area contributed by atoms with Gasteiger partial charge in [-0.3, -0.25) is 0 Å². The van der Waals surface area contributed by atoms with Crippen LogP contribution in [0.1, 0.15) is 4.88 Å². The van der Waals surface area contributed by atoms with E-state index >= 15 is 0 Å². The summed E-state index contributed by atoms with van der Waals surface area (Å²) in [7, 11) is 0. The molecule has 0 saturated heterocycles. The molecule has 1 aliphatic heterocycles. The maximum absolute atomic E-state index is 9.65. The monoisotopic (exact) mass is 314 g/mol. The van der Waals surface area contributed by atoms with Gasteiger partial charge in [0, 0.05) is 32.2 Å². The molecule has 0 spiro atoms. The van der Waals surface area contributed by atoms with Crippen LogP contribution in [0.4, 0.5) is 0 Å². The summed E-state index contributed by atoms with van der Waals surface area (Å²) < 4.78 is 6.06. The first kappa shape index (κ1) is 12.9. The lowest BCUT2D eigenvalue weighted by molar-refractivity contribution is 0.286. The van der Waals surface area contributed by atoms with E-state index in [1.165, 1.54) is 0 Å². The van der Waals surface area contributed by atoms with Gasteiger partial charge in [0.15, 0.2) is 0 Å². The fraction of sp³-hybridized carbons (Fsp3) is 0.0588. The van der Waals surface area contributed by atoms with Gasteiger partial charge in [0.1, 0.15) is 11.5 Å². The summed E-state index contributed by atoms with van der Waals surface area (Å²) in [5, 5.41) is 12.4. The van der Waals surface area contributed by atoms with Crippen molar-refractivity contribution >= 4 is 22.9 Å². The van der Waals surface area contributed by atoms with Crippen LogP contribution < -0.4 is 4.74 Å². The van der Waals surface area contributed by atoms with E-state index in [0.29, 0.717) is 5.02 Å². The lowest BCUT2D eigenvalue weighted by Crippen LogP contribution is -1.87. The zero-order valence-electron chi connectivity index (χ0n) is 11.0. The van der Waals surface area contributed by atoms with Gasteiger partial charge in [0.25, 0.3) is 0 Å². The number of aliphatic hydroxyl groups is 1. The van der Waals surface area contributed by atoms with Crippen LogP contribution in [0.25, 0.3) is 22.3 Å². The Bertz CT molecular complexity index is 839. The molecule has 1 aliphatic rings. The fourth-order valence-electron chi connectivity index (χ4n) is 2.69. The standard InChI is InChI=1S/C17H11ClO2S/c18-10-5-6-15-12(7-10)13-9-21-16(8-19)17(13)11-3-1-2-4-14(11)20-15/h1-7,9,19H,8H2. The molecule has 0 saturated carbocycles. The number of hydrogen-bond acceptors (Lipinski definition) is 3. The third kappa shape index (κ3) is 1.97. The first-order chi connectivity index (χ1) is 10.3. The molecule has 0 unspecified atom stereocenters. The highest BCUT2D eigenvalue weighted by atomic mass is 35.5. The molecule has 4 rings (SSSR count). The van der Waals surface area contributed by atoms with Crippen LogP contribution in [0.5, 0.6) is 11.5 Å². The number of ether oxygens (including phenoxy) is 1. The zero-order chi connectivity index (χ0) is 14.4. The van der Waals surface area contributed by atoms with Gasteiger partial charge in [-0.15, -0.1) is 11.3 Å². The molecule has 1 N–H and O–H groups in total. The summed E-state index contributed by atoms with van der Waals surface area (Å²) in [5.41, 5.74) is 4.07. The molecule has 1 aromatic heterocycles. The van der Waals surface area contributed by atoms with Gasteiger partial charge in [-0.1, -0.05) is 29.8 Å². The fourth-order valence-corrected chi connectivity index (χ4v) is 3.78. The van der Waals surface area contributed by atoms with Crippen LogP contribution >= 0.6 is 22.9 Å². The molecule has 0 bridgehead atoms. The summed E-state index contributed by atoms with van der Waals surface area (Å²) in [5.74, 6) is 1.58. The Kier molecular flexibility index (Phi) is 3.00. The molecule has 4 heteroatoms. The number of fused-ring (bicyclic) bond motifs is 5. The Labute approximate surface area is 131 Å². The van der Waals surface area contributed by atoms with E-state index in [4.69, 9.17) is 16.3 Å². The van der Waals surface area contributed by atoms with Gasteiger partial charge in [0.05, 0.1) is 6.61 Å². The molecule has 0 aliphatic carbocycles. The molecule has 2 nitrogen and oxygen atoms in total. The van der Waals surface area contributed by atoms with Crippen molar-refractivity contribution in [3.8, 4) is 33.8 Å². The minimum Gasteiger partial charge on any atom is -0.456 e. The Hall–Kier alpha value is -1.81. The van der Waals surface area contributed by atoms with Crippen molar-refractivity contribution in [2.75, 3.05) is 0 Å². The number of benzene rings is 2. The second kappa shape index (κ2) is 4.88. The van der Waals surface area contributed by atoms with E-state index in [9.17, 15) is 5.11 Å². The van der Waals surface area contributed by atoms with Crippen molar-refractivity contribution in [2.45, 2.75) is 6.61 Å². The summed E-state index contributed by atoms with van der Waals surface area (Å²) in [6, 6.07) is 13.5. The number of thiophene rings is 1. The SMILES string of the molecule is OCc1scc2c1-c1ccccc1Oc1ccc(Cl)cc1-2.